The number of benzene rings is 1. The minimum absolute atomic E-state index is 0.0436. The smallest absolute Gasteiger partial charge is 0.275 e. The van der Waals surface area contributed by atoms with Gasteiger partial charge in [0.1, 0.15) is 12.6 Å². The number of rotatable bonds is 5. The van der Waals surface area contributed by atoms with E-state index in [-0.39, 0.29) is 18.6 Å². The summed E-state index contributed by atoms with van der Waals surface area (Å²) in [4.78, 5) is 32.4. The van der Waals surface area contributed by atoms with E-state index in [2.05, 4.69) is 43.2 Å². The van der Waals surface area contributed by atoms with Gasteiger partial charge in [0.15, 0.2) is 5.82 Å². The number of fused-ring (bicyclic) bond motifs is 1. The van der Waals surface area contributed by atoms with Crippen molar-refractivity contribution in [2.24, 2.45) is 5.92 Å². The van der Waals surface area contributed by atoms with Crippen molar-refractivity contribution in [2.45, 2.75) is 26.0 Å². The van der Waals surface area contributed by atoms with Crippen molar-refractivity contribution in [3.05, 3.63) is 51.2 Å². The van der Waals surface area contributed by atoms with Gasteiger partial charge in [-0.05, 0) is 30.5 Å². The number of carbonyl (C=O) groups excluding carboxylic acids is 1. The van der Waals surface area contributed by atoms with Crippen LogP contribution in [0.15, 0.2) is 39.9 Å². The van der Waals surface area contributed by atoms with Gasteiger partial charge in [0.2, 0.25) is 17.7 Å². The predicted molar refractivity (Wildman–Crippen MR) is 103 cm³/mol. The Labute approximate surface area is 166 Å². The van der Waals surface area contributed by atoms with Gasteiger partial charge in [-0.15, -0.1) is 5.10 Å². The van der Waals surface area contributed by atoms with Gasteiger partial charge in [-0.3, -0.25) is 14.9 Å². The van der Waals surface area contributed by atoms with Crippen LogP contribution >= 0.6 is 15.9 Å². The molecule has 0 bridgehead atoms. The van der Waals surface area contributed by atoms with E-state index >= 15 is 0 Å². The van der Waals surface area contributed by atoms with E-state index in [9.17, 15) is 14.0 Å². The van der Waals surface area contributed by atoms with Crippen LogP contribution in [0.25, 0.3) is 10.8 Å². The average molecular weight is 448 g/mol. The van der Waals surface area contributed by atoms with Crippen LogP contribution < -0.4 is 15.6 Å². The first-order valence-electron chi connectivity index (χ1n) is 8.55. The first-order valence-corrected chi connectivity index (χ1v) is 9.34. The molecule has 1 aliphatic rings. The summed E-state index contributed by atoms with van der Waals surface area (Å²) in [6, 6.07) is 5.16. The van der Waals surface area contributed by atoms with Crippen molar-refractivity contribution in [3.8, 4) is 5.88 Å². The van der Waals surface area contributed by atoms with Crippen LogP contribution in [0.2, 0.25) is 0 Å². The monoisotopic (exact) mass is 447 g/mol. The summed E-state index contributed by atoms with van der Waals surface area (Å²) in [7, 11) is 0. The first kappa shape index (κ1) is 18.5. The van der Waals surface area contributed by atoms with Gasteiger partial charge in [-0.2, -0.15) is 0 Å². The number of carbonyl (C=O) groups is 1. The molecule has 1 saturated carbocycles. The van der Waals surface area contributed by atoms with Crippen LogP contribution in [0, 0.1) is 11.7 Å². The number of nitrogens with zero attached hydrogens (tertiary/aromatic N) is 4. The Balaban J connectivity index is 1.65. The van der Waals surface area contributed by atoms with Crippen molar-refractivity contribution in [1.82, 2.24) is 19.7 Å². The molecule has 1 fully saturated rings. The third-order valence-electron chi connectivity index (χ3n) is 4.35. The molecule has 1 unspecified atom stereocenters. The standard InChI is InChI=1S/C18H15BrFN5O3/c1-9-4-14(9)28-16-13-5-10(19)2-3-12(13)17(27)25(24-16)8-15(26)23-18-21-6-11(20)7-22-18/h2-3,5-7,9,14H,4,8H2,1H3,(H,21,22,23,26)/t9?,14-/m1/s1. The summed E-state index contributed by atoms with van der Waals surface area (Å²) in [5, 5.41) is 7.63. The fraction of sp³-hybridized carbons (Fsp3) is 0.278. The minimum atomic E-state index is -0.618. The van der Waals surface area contributed by atoms with Gasteiger partial charge in [0, 0.05) is 4.47 Å². The molecule has 3 aromatic rings. The van der Waals surface area contributed by atoms with Gasteiger partial charge in [-0.1, -0.05) is 22.9 Å². The second-order valence-electron chi connectivity index (χ2n) is 6.60. The predicted octanol–water partition coefficient (Wildman–Crippen LogP) is 2.51. The van der Waals surface area contributed by atoms with E-state index < -0.39 is 17.3 Å². The maximum absolute atomic E-state index is 12.9. The summed E-state index contributed by atoms with van der Waals surface area (Å²) in [5.74, 6) is -0.525. The van der Waals surface area contributed by atoms with Crippen molar-refractivity contribution < 1.29 is 13.9 Å². The number of anilines is 1. The lowest BCUT2D eigenvalue weighted by Crippen LogP contribution is -2.30. The largest absolute Gasteiger partial charge is 0.473 e. The third kappa shape index (κ3) is 3.86. The number of amides is 1. The molecule has 144 valence electrons. The fourth-order valence-corrected chi connectivity index (χ4v) is 3.06. The van der Waals surface area contributed by atoms with Crippen molar-refractivity contribution >= 4 is 38.6 Å². The highest BCUT2D eigenvalue weighted by atomic mass is 79.9. The molecule has 2 aromatic heterocycles. The Morgan fingerprint density at radius 1 is 1.36 bits per heavy atom. The highest BCUT2D eigenvalue weighted by Gasteiger charge is 2.36. The highest BCUT2D eigenvalue weighted by molar-refractivity contribution is 9.10. The molecule has 10 heteroatoms. The quantitative estimate of drug-likeness (QED) is 0.644. The van der Waals surface area contributed by atoms with Crippen LogP contribution in [0.1, 0.15) is 13.3 Å². The molecule has 0 radical (unpaired) electrons. The van der Waals surface area contributed by atoms with Crippen molar-refractivity contribution in [2.75, 3.05) is 5.32 Å². The van der Waals surface area contributed by atoms with E-state index in [1.165, 1.54) is 0 Å². The van der Waals surface area contributed by atoms with Gasteiger partial charge >= 0.3 is 0 Å². The van der Waals surface area contributed by atoms with Crippen LogP contribution in [0.5, 0.6) is 5.88 Å². The van der Waals surface area contributed by atoms with E-state index in [4.69, 9.17) is 4.74 Å². The molecular weight excluding hydrogens is 433 g/mol. The van der Waals surface area contributed by atoms with E-state index in [1.54, 1.807) is 18.2 Å². The topological polar surface area (TPSA) is 99.0 Å². The Morgan fingerprint density at radius 3 is 2.75 bits per heavy atom. The number of ether oxygens (including phenoxy) is 1. The van der Waals surface area contributed by atoms with Crippen molar-refractivity contribution in [1.29, 1.82) is 0 Å². The number of hydrogen-bond acceptors (Lipinski definition) is 6. The van der Waals surface area contributed by atoms with Gasteiger partial charge < -0.3 is 4.74 Å². The molecular formula is C18H15BrFN5O3. The van der Waals surface area contributed by atoms with E-state index in [1.807, 2.05) is 0 Å². The van der Waals surface area contributed by atoms with E-state index in [0.29, 0.717) is 22.6 Å². The number of hydrogen-bond donors (Lipinski definition) is 1. The molecule has 8 nitrogen and oxygen atoms in total. The van der Waals surface area contributed by atoms with Crippen LogP contribution in [0.3, 0.4) is 0 Å². The molecule has 1 N–H and O–H groups in total. The molecule has 1 aromatic carbocycles. The molecule has 0 aliphatic heterocycles. The summed E-state index contributed by atoms with van der Waals surface area (Å²) in [6.45, 7) is 1.71. The third-order valence-corrected chi connectivity index (χ3v) is 4.85. The molecule has 28 heavy (non-hydrogen) atoms. The Bertz CT molecular complexity index is 1120. The summed E-state index contributed by atoms with van der Waals surface area (Å²) in [6.07, 6.45) is 2.83. The molecule has 0 spiro atoms. The SMILES string of the molecule is CC1C[C@H]1Oc1nn(CC(=O)Nc2ncc(F)cn2)c(=O)c2ccc(Br)cc12. The van der Waals surface area contributed by atoms with Gasteiger partial charge in [0.05, 0.1) is 23.2 Å². The molecule has 1 amide bonds. The van der Waals surface area contributed by atoms with Crippen LogP contribution in [-0.4, -0.2) is 31.8 Å². The second kappa shape index (κ2) is 7.27. The second-order valence-corrected chi connectivity index (χ2v) is 7.52. The zero-order chi connectivity index (χ0) is 19.8. The zero-order valence-corrected chi connectivity index (χ0v) is 16.3. The Morgan fingerprint density at radius 2 is 2.07 bits per heavy atom. The maximum atomic E-state index is 12.9. The maximum Gasteiger partial charge on any atom is 0.275 e. The number of nitrogens with one attached hydrogen (secondary N) is 1. The summed E-state index contributed by atoms with van der Waals surface area (Å²) in [5.41, 5.74) is -0.422. The van der Waals surface area contributed by atoms with Gasteiger partial charge in [-0.25, -0.2) is 19.0 Å². The molecule has 0 saturated heterocycles. The Kier molecular flexibility index (Phi) is 4.80. The van der Waals surface area contributed by atoms with Crippen LogP contribution in [-0.2, 0) is 11.3 Å². The number of halogens is 2. The summed E-state index contributed by atoms with van der Waals surface area (Å²) >= 11 is 3.39. The minimum Gasteiger partial charge on any atom is -0.473 e. The lowest BCUT2D eigenvalue weighted by atomic mass is 10.2. The zero-order valence-electron chi connectivity index (χ0n) is 14.7. The molecule has 2 atom stereocenters. The van der Waals surface area contributed by atoms with E-state index in [0.717, 1.165) is 28.0 Å². The van der Waals surface area contributed by atoms with Gasteiger partial charge in [0.25, 0.3) is 5.56 Å². The molecule has 4 rings (SSSR count). The fourth-order valence-electron chi connectivity index (χ4n) is 2.69. The summed E-state index contributed by atoms with van der Waals surface area (Å²) < 4.78 is 20.6. The van der Waals surface area contributed by atoms with Crippen LogP contribution in [0.4, 0.5) is 10.3 Å². The highest BCUT2D eigenvalue weighted by Crippen LogP contribution is 2.35. The lowest BCUT2D eigenvalue weighted by Gasteiger charge is -2.12. The normalized spacial score (nSPS) is 18.1. The van der Waals surface area contributed by atoms with Crippen molar-refractivity contribution in [3.63, 3.8) is 0 Å². The first-order chi connectivity index (χ1) is 13.4. The number of aromatic nitrogens is 4. The molecule has 1 aliphatic carbocycles. The lowest BCUT2D eigenvalue weighted by molar-refractivity contribution is -0.117. The molecule has 2 heterocycles. The average Bonchev–Trinajstić information content (AvgIpc) is 3.35. The Hall–Kier alpha value is -2.88.